The number of nitrogens with zero attached hydrogens (tertiary/aromatic N) is 1. The summed E-state index contributed by atoms with van der Waals surface area (Å²) in [5.74, 6) is -0.273. The Balaban J connectivity index is 1.90. The van der Waals surface area contributed by atoms with Gasteiger partial charge in [-0.2, -0.15) is 0 Å². The molecule has 1 aliphatic heterocycles. The molecule has 0 radical (unpaired) electrons. The van der Waals surface area contributed by atoms with Crippen LogP contribution in [0.2, 0.25) is 0 Å². The van der Waals surface area contributed by atoms with Gasteiger partial charge in [0.25, 0.3) is 0 Å². The van der Waals surface area contributed by atoms with Crippen LogP contribution in [0.3, 0.4) is 0 Å². The van der Waals surface area contributed by atoms with Crippen LogP contribution in [0.25, 0.3) is 0 Å². The molecule has 9 heteroatoms. The number of hydrogen-bond acceptors (Lipinski definition) is 6. The molecule has 3 amide bonds. The Bertz CT molecular complexity index is 625. The van der Waals surface area contributed by atoms with Crippen molar-refractivity contribution in [1.29, 1.82) is 0 Å². The zero-order valence-corrected chi connectivity index (χ0v) is 15.0. The summed E-state index contributed by atoms with van der Waals surface area (Å²) in [5, 5.41) is 8.12. The van der Waals surface area contributed by atoms with Gasteiger partial charge in [0.15, 0.2) is 6.29 Å². The molecule has 0 bridgehead atoms. The van der Waals surface area contributed by atoms with Crippen molar-refractivity contribution in [3.05, 3.63) is 11.8 Å². The molecule has 0 aromatic rings. The molecule has 0 aromatic heterocycles. The molecular weight excluding hydrogens is 324 g/mol. The van der Waals surface area contributed by atoms with Crippen LogP contribution in [0.4, 0.5) is 4.79 Å². The number of amides is 3. The minimum absolute atomic E-state index is 0.0238. The monoisotopic (exact) mass is 350 g/mol. The molecule has 1 fully saturated rings. The van der Waals surface area contributed by atoms with E-state index in [0.29, 0.717) is 12.1 Å². The molecule has 138 valence electrons. The fraction of sp³-hybridized carbons (Fsp3) is 0.688. The van der Waals surface area contributed by atoms with Gasteiger partial charge in [0.2, 0.25) is 12.0 Å². The molecule has 0 saturated heterocycles. The summed E-state index contributed by atoms with van der Waals surface area (Å²) in [7, 11) is 0. The Morgan fingerprint density at radius 3 is 2.68 bits per heavy atom. The summed E-state index contributed by atoms with van der Waals surface area (Å²) in [6, 6.07) is -0.608. The Morgan fingerprint density at radius 2 is 2.04 bits per heavy atom. The first kappa shape index (κ1) is 19.0. The smallest absolute Gasteiger partial charge is 0.332 e. The van der Waals surface area contributed by atoms with Gasteiger partial charge in [-0.3, -0.25) is 15.5 Å². The normalized spacial score (nSPS) is 30.9. The van der Waals surface area contributed by atoms with E-state index in [0.717, 1.165) is 12.8 Å². The first-order chi connectivity index (χ1) is 11.6. The van der Waals surface area contributed by atoms with Crippen LogP contribution in [0.5, 0.6) is 0 Å². The van der Waals surface area contributed by atoms with Crippen LogP contribution in [0.15, 0.2) is 16.8 Å². The summed E-state index contributed by atoms with van der Waals surface area (Å²) < 4.78 is 0. The van der Waals surface area contributed by atoms with Crippen molar-refractivity contribution >= 4 is 18.0 Å². The molecule has 1 heterocycles. The molecule has 3 atom stereocenters. The van der Waals surface area contributed by atoms with E-state index in [1.54, 1.807) is 13.0 Å². The van der Waals surface area contributed by atoms with Gasteiger partial charge in [-0.25, -0.2) is 20.0 Å². The van der Waals surface area contributed by atoms with E-state index in [1.807, 2.05) is 6.92 Å². The van der Waals surface area contributed by atoms with Crippen LogP contribution in [-0.2, 0) is 9.59 Å². The lowest BCUT2D eigenvalue weighted by atomic mass is 9.67. The summed E-state index contributed by atoms with van der Waals surface area (Å²) in [6.45, 7) is 7.93. The van der Waals surface area contributed by atoms with Crippen molar-refractivity contribution in [1.82, 2.24) is 26.8 Å². The van der Waals surface area contributed by atoms with Crippen molar-refractivity contribution in [2.45, 2.75) is 64.8 Å². The number of carbonyl (C=O) groups is 2. The third kappa shape index (κ3) is 5.58. The van der Waals surface area contributed by atoms with Gasteiger partial charge in [-0.15, -0.1) is 0 Å². The van der Waals surface area contributed by atoms with E-state index in [4.69, 9.17) is 0 Å². The molecule has 5 N–H and O–H groups in total. The van der Waals surface area contributed by atoms with Gasteiger partial charge in [0.1, 0.15) is 0 Å². The highest BCUT2D eigenvalue weighted by atomic mass is 16.2. The van der Waals surface area contributed by atoms with Gasteiger partial charge in [0, 0.05) is 17.3 Å². The Morgan fingerprint density at radius 1 is 1.32 bits per heavy atom. The Hall–Kier alpha value is -2.38. The van der Waals surface area contributed by atoms with Crippen LogP contribution in [0, 0.1) is 5.41 Å². The Labute approximate surface area is 147 Å². The summed E-state index contributed by atoms with van der Waals surface area (Å²) in [4.78, 5) is 38.0. The van der Waals surface area contributed by atoms with E-state index in [-0.39, 0.29) is 17.4 Å². The first-order valence-corrected chi connectivity index (χ1v) is 8.27. The molecular formula is C16H26N6O3. The number of allylic oxidation sites excluding steroid dienone is 1. The quantitative estimate of drug-likeness (QED) is 0.285. The van der Waals surface area contributed by atoms with Gasteiger partial charge in [-0.1, -0.05) is 13.8 Å². The average molecular weight is 350 g/mol. The fourth-order valence-corrected chi connectivity index (χ4v) is 3.82. The number of carbonyl (C=O) groups excluding carboxylic acids is 3. The number of nitrogens with one attached hydrogen (secondary N) is 5. The molecule has 25 heavy (non-hydrogen) atoms. The maximum atomic E-state index is 12.1. The van der Waals surface area contributed by atoms with Crippen molar-refractivity contribution in [3.63, 3.8) is 0 Å². The summed E-state index contributed by atoms with van der Waals surface area (Å²) in [6.07, 6.45) is 4.59. The van der Waals surface area contributed by atoms with E-state index in [2.05, 4.69) is 45.6 Å². The van der Waals surface area contributed by atoms with Gasteiger partial charge in [0.05, 0.1) is 6.04 Å². The molecule has 0 aromatic carbocycles. The molecule has 0 spiro atoms. The van der Waals surface area contributed by atoms with E-state index < -0.39 is 17.9 Å². The number of hydrazine groups is 1. The maximum absolute atomic E-state index is 12.1. The predicted molar refractivity (Wildman–Crippen MR) is 91.6 cm³/mol. The van der Waals surface area contributed by atoms with Crippen molar-refractivity contribution in [2.24, 2.45) is 10.4 Å². The van der Waals surface area contributed by atoms with Crippen molar-refractivity contribution in [2.75, 3.05) is 0 Å². The predicted octanol–water partition coefficient (Wildman–Crippen LogP) is 0.370. The van der Waals surface area contributed by atoms with E-state index in [1.165, 1.54) is 6.08 Å². The molecule has 2 rings (SSSR count). The molecule has 3 unspecified atom stereocenters. The lowest BCUT2D eigenvalue weighted by Crippen LogP contribution is -2.64. The summed E-state index contributed by atoms with van der Waals surface area (Å²) in [5.41, 5.74) is 5.89. The van der Waals surface area contributed by atoms with Gasteiger partial charge < -0.3 is 10.6 Å². The second kappa shape index (κ2) is 7.25. The topological polar surface area (TPSA) is 124 Å². The molecule has 9 nitrogen and oxygen atoms in total. The highest BCUT2D eigenvalue weighted by Gasteiger charge is 2.41. The summed E-state index contributed by atoms with van der Waals surface area (Å²) >= 11 is 0. The highest BCUT2D eigenvalue weighted by Crippen LogP contribution is 2.41. The minimum Gasteiger partial charge on any atom is -0.352 e. The van der Waals surface area contributed by atoms with Gasteiger partial charge in [-0.05, 0) is 38.5 Å². The zero-order chi connectivity index (χ0) is 18.7. The van der Waals surface area contributed by atoms with Gasteiger partial charge >= 0.3 is 6.03 Å². The minimum atomic E-state index is -0.678. The number of isocyanates is 1. The van der Waals surface area contributed by atoms with E-state index in [9.17, 15) is 14.4 Å². The maximum Gasteiger partial charge on any atom is 0.332 e. The van der Waals surface area contributed by atoms with Crippen LogP contribution in [-0.4, -0.2) is 35.9 Å². The second-order valence-corrected chi connectivity index (χ2v) is 7.82. The molecule has 1 aliphatic carbocycles. The fourth-order valence-electron chi connectivity index (χ4n) is 3.82. The lowest BCUT2D eigenvalue weighted by Gasteiger charge is -2.45. The number of hydrogen-bond donors (Lipinski definition) is 5. The SMILES string of the molecule is CC1=CC(=O)NC(NC(=O)NNC2(C)CC(N=C=O)CC(C)(C)C2)N1. The Kier molecular flexibility index (Phi) is 5.49. The third-order valence-corrected chi connectivity index (χ3v) is 4.34. The largest absolute Gasteiger partial charge is 0.352 e. The first-order valence-electron chi connectivity index (χ1n) is 8.27. The van der Waals surface area contributed by atoms with Crippen molar-refractivity contribution < 1.29 is 14.4 Å². The molecule has 2 aliphatic rings. The van der Waals surface area contributed by atoms with E-state index >= 15 is 0 Å². The lowest BCUT2D eigenvalue weighted by molar-refractivity contribution is -0.118. The zero-order valence-electron chi connectivity index (χ0n) is 15.0. The van der Waals surface area contributed by atoms with Crippen molar-refractivity contribution in [3.8, 4) is 0 Å². The number of aliphatic imine (C=N–C) groups is 1. The van der Waals surface area contributed by atoms with Crippen LogP contribution in [0.1, 0.15) is 47.0 Å². The molecule has 1 saturated carbocycles. The second-order valence-electron chi connectivity index (χ2n) is 7.82. The average Bonchev–Trinajstić information content (AvgIpc) is 2.42. The number of urea groups is 1. The number of rotatable bonds is 4. The van der Waals surface area contributed by atoms with Crippen LogP contribution >= 0.6 is 0 Å². The highest BCUT2D eigenvalue weighted by molar-refractivity contribution is 5.89. The van der Waals surface area contributed by atoms with Crippen LogP contribution < -0.4 is 26.8 Å². The third-order valence-electron chi connectivity index (χ3n) is 4.34. The standard InChI is InChI=1S/C16H26N6O3/c1-10-5-12(24)19-13(18-10)20-14(25)21-22-16(4)7-11(17-9-23)6-15(2,3)8-16/h5,11,13,18,22H,6-8H2,1-4H3,(H,19,24)(H2,20,21,25).